The van der Waals surface area contributed by atoms with Crippen LogP contribution in [0.2, 0.25) is 0 Å². The Hall–Kier alpha value is -3.22. The molecule has 186 valence electrons. The monoisotopic (exact) mass is 475 g/mol. The Bertz CT molecular complexity index is 1090. The molecule has 0 spiro atoms. The van der Waals surface area contributed by atoms with E-state index in [0.717, 1.165) is 73.5 Å². The van der Waals surface area contributed by atoms with E-state index >= 15 is 0 Å². The molecule has 0 aliphatic carbocycles. The number of carbonyl (C=O) groups excluding carboxylic acids is 2. The number of rotatable bonds is 9. The smallest absolute Gasteiger partial charge is 0.272 e. The third-order valence-electron chi connectivity index (χ3n) is 6.57. The average Bonchev–Trinajstić information content (AvgIpc) is 2.97. The topological polar surface area (TPSA) is 86.7 Å². The van der Waals surface area contributed by atoms with Crippen molar-refractivity contribution in [2.45, 2.75) is 71.9 Å². The molecule has 0 fully saturated rings. The molecule has 7 nitrogen and oxygen atoms in total. The number of aromatic nitrogens is 1. The van der Waals surface area contributed by atoms with Gasteiger partial charge >= 0.3 is 0 Å². The highest BCUT2D eigenvalue weighted by atomic mass is 16.2. The zero-order valence-corrected chi connectivity index (χ0v) is 21.1. The van der Waals surface area contributed by atoms with Crippen LogP contribution < -0.4 is 15.5 Å². The zero-order chi connectivity index (χ0) is 24.8. The number of benzene rings is 1. The zero-order valence-electron chi connectivity index (χ0n) is 21.1. The summed E-state index contributed by atoms with van der Waals surface area (Å²) in [5.41, 5.74) is 5.03. The second-order valence-corrected chi connectivity index (χ2v) is 9.69. The van der Waals surface area contributed by atoms with Crippen molar-refractivity contribution >= 4 is 29.0 Å². The summed E-state index contributed by atoms with van der Waals surface area (Å²) in [4.78, 5) is 37.5. The maximum atomic E-state index is 13.4. The molecule has 0 bridgehead atoms. The highest BCUT2D eigenvalue weighted by Crippen LogP contribution is 2.28. The molecule has 0 saturated heterocycles. The van der Waals surface area contributed by atoms with E-state index in [0.29, 0.717) is 13.0 Å². The maximum absolute atomic E-state index is 13.4. The first-order valence-electron chi connectivity index (χ1n) is 13.0. The van der Waals surface area contributed by atoms with Gasteiger partial charge in [-0.1, -0.05) is 45.0 Å². The number of benzodiazepines with no additional fused rings is 1. The number of pyridine rings is 1. The molecule has 1 aromatic heterocycles. The first-order chi connectivity index (χ1) is 17.0. The summed E-state index contributed by atoms with van der Waals surface area (Å²) in [6, 6.07) is 12.2. The highest BCUT2D eigenvalue weighted by molar-refractivity contribution is 6.13. The molecule has 0 saturated carbocycles. The van der Waals surface area contributed by atoms with Gasteiger partial charge < -0.3 is 15.5 Å². The molecule has 1 unspecified atom stereocenters. The number of unbranched alkanes of at least 4 members (excludes halogenated alkanes) is 1. The molecule has 35 heavy (non-hydrogen) atoms. The molecular weight excluding hydrogens is 438 g/mol. The van der Waals surface area contributed by atoms with E-state index in [1.54, 1.807) is 4.90 Å². The van der Waals surface area contributed by atoms with Crippen molar-refractivity contribution in [1.82, 2.24) is 10.3 Å². The van der Waals surface area contributed by atoms with Gasteiger partial charge in [0.25, 0.3) is 5.91 Å². The van der Waals surface area contributed by atoms with E-state index in [-0.39, 0.29) is 17.7 Å². The van der Waals surface area contributed by atoms with Crippen LogP contribution in [-0.4, -0.2) is 41.8 Å². The van der Waals surface area contributed by atoms with E-state index < -0.39 is 6.17 Å². The molecular formula is C28H37N5O2. The molecule has 4 rings (SSSR count). The van der Waals surface area contributed by atoms with Crippen LogP contribution in [0.1, 0.15) is 69.7 Å². The van der Waals surface area contributed by atoms with Crippen LogP contribution in [0, 0.1) is 5.92 Å². The lowest BCUT2D eigenvalue weighted by molar-refractivity contribution is -0.127. The van der Waals surface area contributed by atoms with E-state index in [4.69, 9.17) is 9.98 Å². The summed E-state index contributed by atoms with van der Waals surface area (Å²) in [5.74, 6) is 0.824. The van der Waals surface area contributed by atoms with Crippen molar-refractivity contribution < 1.29 is 9.59 Å². The number of amides is 2. The Morgan fingerprint density at radius 3 is 2.83 bits per heavy atom. The fraction of sp³-hybridized carbons (Fsp3) is 0.500. The van der Waals surface area contributed by atoms with Gasteiger partial charge in [-0.25, -0.2) is 4.98 Å². The summed E-state index contributed by atoms with van der Waals surface area (Å²) >= 11 is 0. The van der Waals surface area contributed by atoms with Gasteiger partial charge in [0.05, 0.1) is 5.69 Å². The minimum atomic E-state index is -0.896. The molecule has 2 aliphatic heterocycles. The Kier molecular flexibility index (Phi) is 8.16. The molecule has 1 atom stereocenters. The van der Waals surface area contributed by atoms with Crippen LogP contribution >= 0.6 is 0 Å². The van der Waals surface area contributed by atoms with Crippen molar-refractivity contribution in [1.29, 1.82) is 0 Å². The lowest BCUT2D eigenvalue weighted by atomic mass is 9.98. The maximum Gasteiger partial charge on any atom is 0.272 e. The minimum absolute atomic E-state index is 0.128. The van der Waals surface area contributed by atoms with Crippen molar-refractivity contribution in [2.75, 3.05) is 23.3 Å². The van der Waals surface area contributed by atoms with E-state index in [9.17, 15) is 9.59 Å². The van der Waals surface area contributed by atoms with Crippen LogP contribution in [-0.2, 0) is 22.4 Å². The summed E-state index contributed by atoms with van der Waals surface area (Å²) < 4.78 is 0. The van der Waals surface area contributed by atoms with Gasteiger partial charge in [-0.3, -0.25) is 14.6 Å². The first-order valence-corrected chi connectivity index (χ1v) is 13.0. The minimum Gasteiger partial charge on any atom is -0.370 e. The van der Waals surface area contributed by atoms with E-state index in [2.05, 4.69) is 36.6 Å². The third-order valence-corrected chi connectivity index (χ3v) is 6.57. The molecule has 2 aromatic rings. The number of hydrogen-bond acceptors (Lipinski definition) is 5. The number of fused-ring (bicyclic) bond motifs is 2. The Balaban J connectivity index is 1.38. The number of nitrogens with zero attached hydrogens (tertiary/aromatic N) is 3. The number of nitrogens with one attached hydrogen (secondary N) is 2. The molecule has 2 amide bonds. The number of anilines is 2. The van der Waals surface area contributed by atoms with Gasteiger partial charge in [0, 0.05) is 36.5 Å². The highest BCUT2D eigenvalue weighted by Gasteiger charge is 2.32. The second-order valence-electron chi connectivity index (χ2n) is 9.69. The van der Waals surface area contributed by atoms with Crippen LogP contribution in [0.15, 0.2) is 41.4 Å². The molecule has 2 N–H and O–H groups in total. The van der Waals surface area contributed by atoms with Gasteiger partial charge in [-0.15, -0.1) is 0 Å². The van der Waals surface area contributed by atoms with Crippen LogP contribution in [0.5, 0.6) is 0 Å². The predicted molar refractivity (Wildman–Crippen MR) is 141 cm³/mol. The van der Waals surface area contributed by atoms with Crippen LogP contribution in [0.3, 0.4) is 0 Å². The molecule has 1 aromatic carbocycles. The number of carbonyl (C=O) groups is 2. The summed E-state index contributed by atoms with van der Waals surface area (Å²) in [5, 5.41) is 6.29. The Labute approximate surface area is 208 Å². The fourth-order valence-electron chi connectivity index (χ4n) is 4.79. The van der Waals surface area contributed by atoms with Gasteiger partial charge in [0.15, 0.2) is 0 Å². The van der Waals surface area contributed by atoms with E-state index in [1.807, 2.05) is 31.2 Å². The lowest BCUT2D eigenvalue weighted by Crippen LogP contribution is -2.47. The number of hydrogen-bond donors (Lipinski definition) is 2. The fourth-order valence-corrected chi connectivity index (χ4v) is 4.79. The van der Waals surface area contributed by atoms with Crippen molar-refractivity contribution in [2.24, 2.45) is 10.9 Å². The normalized spacial score (nSPS) is 17.3. The number of aryl methyl sites for hydroxylation is 2. The standard InChI is InChI=1S/C28H37N5O2/c1-4-18-33-23-13-7-6-12-22(23)25(19(2)3)32-27(28(33)35)31-24(34)14-8-5-11-21-16-15-20-10-9-17-29-26(20)30-21/h6-7,12-13,15-16,19,27H,4-5,8-11,14,17-18H2,1-3H3,(H,29,30)(H,31,34). The summed E-state index contributed by atoms with van der Waals surface area (Å²) in [6.07, 6.45) is 4.95. The third kappa shape index (κ3) is 5.89. The van der Waals surface area contributed by atoms with Gasteiger partial charge in [0.2, 0.25) is 12.1 Å². The quantitative estimate of drug-likeness (QED) is 0.523. The summed E-state index contributed by atoms with van der Waals surface area (Å²) in [6.45, 7) is 7.75. The van der Waals surface area contributed by atoms with Crippen molar-refractivity contribution in [3.05, 3.63) is 53.2 Å². The van der Waals surface area contributed by atoms with E-state index in [1.165, 1.54) is 5.56 Å². The Morgan fingerprint density at radius 1 is 1.20 bits per heavy atom. The first kappa shape index (κ1) is 24.9. The molecule has 0 radical (unpaired) electrons. The molecule has 3 heterocycles. The van der Waals surface area contributed by atoms with Crippen LogP contribution in [0.25, 0.3) is 0 Å². The number of para-hydroxylation sites is 1. The van der Waals surface area contributed by atoms with Crippen LogP contribution in [0.4, 0.5) is 11.5 Å². The molecule has 7 heteroatoms. The average molecular weight is 476 g/mol. The van der Waals surface area contributed by atoms with Crippen molar-refractivity contribution in [3.63, 3.8) is 0 Å². The second kappa shape index (κ2) is 11.5. The van der Waals surface area contributed by atoms with Gasteiger partial charge in [0.1, 0.15) is 5.82 Å². The number of aliphatic imine (C=N–C) groups is 1. The lowest BCUT2D eigenvalue weighted by Gasteiger charge is -2.25. The SMILES string of the molecule is CCCN1C(=O)C(NC(=O)CCCCc2ccc3c(n2)NCCC3)N=C(C(C)C)c2ccccc21. The van der Waals surface area contributed by atoms with Crippen molar-refractivity contribution in [3.8, 4) is 0 Å². The Morgan fingerprint density at radius 2 is 2.03 bits per heavy atom. The predicted octanol–water partition coefficient (Wildman–Crippen LogP) is 4.50. The largest absolute Gasteiger partial charge is 0.370 e. The van der Waals surface area contributed by atoms with Gasteiger partial charge in [-0.2, -0.15) is 0 Å². The molecule has 2 aliphatic rings. The van der Waals surface area contributed by atoms with Gasteiger partial charge in [-0.05, 0) is 62.1 Å². The summed E-state index contributed by atoms with van der Waals surface area (Å²) in [7, 11) is 0.